The summed E-state index contributed by atoms with van der Waals surface area (Å²) in [4.78, 5) is 14.6. The quantitative estimate of drug-likeness (QED) is 0.784. The van der Waals surface area contributed by atoms with E-state index >= 15 is 0 Å². The molecule has 0 aromatic carbocycles. The first-order valence-electron chi connectivity index (χ1n) is 4.75. The van der Waals surface area contributed by atoms with Crippen LogP contribution in [0.25, 0.3) is 0 Å². The van der Waals surface area contributed by atoms with Crippen LogP contribution >= 0.6 is 0 Å². The van der Waals surface area contributed by atoms with Crippen molar-refractivity contribution in [3.63, 3.8) is 0 Å². The molecule has 0 atom stereocenters. The van der Waals surface area contributed by atoms with Gasteiger partial charge in [-0.2, -0.15) is 9.49 Å². The molecule has 0 radical (unpaired) electrons. The fourth-order valence-electron chi connectivity index (χ4n) is 1.25. The standard InChI is InChI=1S/C10H8F2N4O/c11-8-7(2-3-13-9(8)12)10(17)14-5-6-1-4-15-16-6/h1-4H,5H2,(H,14,17)(H,15,16). The summed E-state index contributed by atoms with van der Waals surface area (Å²) in [6.45, 7) is 0.155. The average Bonchev–Trinajstić information content (AvgIpc) is 2.82. The lowest BCUT2D eigenvalue weighted by atomic mass is 10.2. The smallest absolute Gasteiger partial charge is 0.254 e. The number of carbonyl (C=O) groups is 1. The Morgan fingerprint density at radius 3 is 2.88 bits per heavy atom. The van der Waals surface area contributed by atoms with Gasteiger partial charge in [-0.15, -0.1) is 0 Å². The topological polar surface area (TPSA) is 70.7 Å². The minimum atomic E-state index is -1.29. The van der Waals surface area contributed by atoms with E-state index in [-0.39, 0.29) is 12.1 Å². The summed E-state index contributed by atoms with van der Waals surface area (Å²) in [6.07, 6.45) is 2.55. The minimum absolute atomic E-state index is 0.155. The van der Waals surface area contributed by atoms with Gasteiger partial charge in [-0.3, -0.25) is 9.89 Å². The van der Waals surface area contributed by atoms with Gasteiger partial charge in [0.1, 0.15) is 0 Å². The highest BCUT2D eigenvalue weighted by molar-refractivity contribution is 5.94. The zero-order chi connectivity index (χ0) is 12.3. The number of nitrogens with one attached hydrogen (secondary N) is 2. The SMILES string of the molecule is O=C(NCc1ccn[nH]1)c1ccnc(F)c1F. The Balaban J connectivity index is 2.07. The van der Waals surface area contributed by atoms with E-state index in [0.29, 0.717) is 5.69 Å². The Morgan fingerprint density at radius 2 is 2.18 bits per heavy atom. The van der Waals surface area contributed by atoms with Crippen LogP contribution in [0.5, 0.6) is 0 Å². The van der Waals surface area contributed by atoms with Crippen LogP contribution in [0, 0.1) is 11.8 Å². The van der Waals surface area contributed by atoms with Crippen LogP contribution in [0.15, 0.2) is 24.5 Å². The van der Waals surface area contributed by atoms with Crippen molar-refractivity contribution in [3.8, 4) is 0 Å². The van der Waals surface area contributed by atoms with Crippen molar-refractivity contribution >= 4 is 5.91 Å². The molecule has 0 fully saturated rings. The molecular formula is C10H8F2N4O. The molecule has 5 nitrogen and oxygen atoms in total. The van der Waals surface area contributed by atoms with E-state index in [1.807, 2.05) is 0 Å². The zero-order valence-corrected chi connectivity index (χ0v) is 8.58. The molecule has 0 aliphatic heterocycles. The van der Waals surface area contributed by atoms with E-state index in [1.54, 1.807) is 6.07 Å². The van der Waals surface area contributed by atoms with E-state index in [1.165, 1.54) is 6.20 Å². The van der Waals surface area contributed by atoms with Gasteiger partial charge in [0, 0.05) is 12.4 Å². The second kappa shape index (κ2) is 4.69. The number of amides is 1. The first-order chi connectivity index (χ1) is 8.18. The van der Waals surface area contributed by atoms with Gasteiger partial charge in [0.2, 0.25) is 5.95 Å². The Morgan fingerprint density at radius 1 is 1.35 bits per heavy atom. The van der Waals surface area contributed by atoms with Gasteiger partial charge in [-0.25, -0.2) is 9.37 Å². The van der Waals surface area contributed by atoms with Crippen molar-refractivity contribution in [3.05, 3.63) is 47.5 Å². The number of halogens is 2. The van der Waals surface area contributed by atoms with Crippen LogP contribution in [-0.4, -0.2) is 21.1 Å². The predicted octanol–water partition coefficient (Wildman–Crippen LogP) is 1.01. The molecule has 0 saturated heterocycles. The molecule has 17 heavy (non-hydrogen) atoms. The zero-order valence-electron chi connectivity index (χ0n) is 8.58. The summed E-state index contributed by atoms with van der Waals surface area (Å²) in [5.41, 5.74) is 0.283. The third-order valence-electron chi connectivity index (χ3n) is 2.09. The largest absolute Gasteiger partial charge is 0.346 e. The lowest BCUT2D eigenvalue weighted by molar-refractivity contribution is 0.0945. The minimum Gasteiger partial charge on any atom is -0.346 e. The molecule has 88 valence electrons. The van der Waals surface area contributed by atoms with Crippen LogP contribution in [0.1, 0.15) is 16.1 Å². The van der Waals surface area contributed by atoms with Crippen molar-refractivity contribution in [2.75, 3.05) is 0 Å². The van der Waals surface area contributed by atoms with Gasteiger partial charge >= 0.3 is 0 Å². The van der Waals surface area contributed by atoms with Gasteiger partial charge < -0.3 is 5.32 Å². The van der Waals surface area contributed by atoms with Crippen LogP contribution < -0.4 is 5.32 Å². The van der Waals surface area contributed by atoms with E-state index in [2.05, 4.69) is 20.5 Å². The van der Waals surface area contributed by atoms with Crippen LogP contribution in [0.4, 0.5) is 8.78 Å². The summed E-state index contributed by atoms with van der Waals surface area (Å²) < 4.78 is 26.0. The van der Waals surface area contributed by atoms with Gasteiger partial charge in [0.05, 0.1) is 17.8 Å². The molecule has 0 saturated carbocycles. The highest BCUT2D eigenvalue weighted by Gasteiger charge is 2.15. The molecule has 0 unspecified atom stereocenters. The number of aromatic amines is 1. The lowest BCUT2D eigenvalue weighted by Crippen LogP contribution is -2.24. The van der Waals surface area contributed by atoms with E-state index in [9.17, 15) is 13.6 Å². The molecule has 7 heteroatoms. The summed E-state index contributed by atoms with van der Waals surface area (Å²) in [5, 5.41) is 8.73. The van der Waals surface area contributed by atoms with Crippen molar-refractivity contribution in [2.24, 2.45) is 0 Å². The number of H-pyrrole nitrogens is 1. The fourth-order valence-corrected chi connectivity index (χ4v) is 1.25. The normalized spacial score (nSPS) is 10.2. The highest BCUT2D eigenvalue weighted by Crippen LogP contribution is 2.08. The van der Waals surface area contributed by atoms with Crippen LogP contribution in [-0.2, 0) is 6.54 Å². The maximum absolute atomic E-state index is 13.2. The lowest BCUT2D eigenvalue weighted by Gasteiger charge is -2.04. The molecular weight excluding hydrogens is 230 g/mol. The fraction of sp³-hybridized carbons (Fsp3) is 0.100. The van der Waals surface area contributed by atoms with Gasteiger partial charge in [-0.1, -0.05) is 0 Å². The first-order valence-corrected chi connectivity index (χ1v) is 4.75. The molecule has 0 spiro atoms. The molecule has 0 bridgehead atoms. The number of rotatable bonds is 3. The van der Waals surface area contributed by atoms with E-state index < -0.39 is 17.7 Å². The highest BCUT2D eigenvalue weighted by atomic mass is 19.2. The summed E-state index contributed by atoms with van der Waals surface area (Å²) >= 11 is 0. The molecule has 1 amide bonds. The van der Waals surface area contributed by atoms with Crippen molar-refractivity contribution in [1.29, 1.82) is 0 Å². The van der Waals surface area contributed by atoms with Crippen molar-refractivity contribution in [2.45, 2.75) is 6.54 Å². The summed E-state index contributed by atoms with van der Waals surface area (Å²) in [7, 11) is 0. The second-order valence-electron chi connectivity index (χ2n) is 3.23. The van der Waals surface area contributed by atoms with E-state index in [4.69, 9.17) is 0 Å². The Labute approximate surface area is 94.9 Å². The molecule has 2 aromatic heterocycles. The summed E-state index contributed by atoms with van der Waals surface area (Å²) in [5.74, 6) is -3.26. The number of carbonyl (C=O) groups excluding carboxylic acids is 1. The monoisotopic (exact) mass is 238 g/mol. The van der Waals surface area contributed by atoms with Gasteiger partial charge in [-0.05, 0) is 12.1 Å². The number of hydrogen-bond donors (Lipinski definition) is 2. The van der Waals surface area contributed by atoms with Gasteiger partial charge in [0.15, 0.2) is 5.82 Å². The molecule has 2 heterocycles. The number of nitrogens with zero attached hydrogens (tertiary/aromatic N) is 2. The maximum Gasteiger partial charge on any atom is 0.254 e. The third-order valence-corrected chi connectivity index (χ3v) is 2.09. The number of pyridine rings is 1. The maximum atomic E-state index is 13.2. The predicted molar refractivity (Wildman–Crippen MR) is 53.9 cm³/mol. The Kier molecular flexibility index (Phi) is 3.08. The van der Waals surface area contributed by atoms with Crippen molar-refractivity contribution in [1.82, 2.24) is 20.5 Å². The van der Waals surface area contributed by atoms with Crippen molar-refractivity contribution < 1.29 is 13.6 Å². The second-order valence-corrected chi connectivity index (χ2v) is 3.23. The number of aromatic nitrogens is 3. The molecule has 0 aliphatic carbocycles. The van der Waals surface area contributed by atoms with E-state index in [0.717, 1.165) is 12.3 Å². The number of hydrogen-bond acceptors (Lipinski definition) is 3. The Hall–Kier alpha value is -2.31. The third kappa shape index (κ3) is 2.44. The molecule has 2 aromatic rings. The van der Waals surface area contributed by atoms with Crippen LogP contribution in [0.3, 0.4) is 0 Å². The van der Waals surface area contributed by atoms with Crippen LogP contribution in [0.2, 0.25) is 0 Å². The summed E-state index contributed by atoms with van der Waals surface area (Å²) in [6, 6.07) is 2.77. The first kappa shape index (κ1) is 11.2. The average molecular weight is 238 g/mol. The van der Waals surface area contributed by atoms with Gasteiger partial charge in [0.25, 0.3) is 5.91 Å². The molecule has 2 rings (SSSR count). The molecule has 2 N–H and O–H groups in total. The molecule has 0 aliphatic rings. The Bertz CT molecular complexity index is 527.